The smallest absolute Gasteiger partial charge is 0.0544 e. The van der Waals surface area contributed by atoms with Gasteiger partial charge in [0.1, 0.15) is 0 Å². The zero-order chi connectivity index (χ0) is 8.97. The minimum absolute atomic E-state index is 0.0879. The molecule has 1 fully saturated rings. The second kappa shape index (κ2) is 4.83. The molecule has 0 bridgehead atoms. The molecule has 1 aliphatic carbocycles. The van der Waals surface area contributed by atoms with Crippen LogP contribution in [0.2, 0.25) is 0 Å². The Labute approximate surface area is 74.9 Å². The summed E-state index contributed by atoms with van der Waals surface area (Å²) in [6.07, 6.45) is 5.74. The molecule has 2 unspecified atom stereocenters. The van der Waals surface area contributed by atoms with Gasteiger partial charge in [-0.25, -0.2) is 0 Å². The molecule has 0 aliphatic heterocycles. The minimum atomic E-state index is -0.0879. The van der Waals surface area contributed by atoms with E-state index in [-0.39, 0.29) is 6.10 Å². The molecule has 1 rings (SSSR count). The Kier molecular flexibility index (Phi) is 4.02. The van der Waals surface area contributed by atoms with Crippen LogP contribution in [0.15, 0.2) is 0 Å². The van der Waals surface area contributed by atoms with E-state index >= 15 is 0 Å². The summed E-state index contributed by atoms with van der Waals surface area (Å²) >= 11 is 0. The van der Waals surface area contributed by atoms with Gasteiger partial charge in [0.15, 0.2) is 0 Å². The predicted octanol–water partition coefficient (Wildman–Crippen LogP) is 1.96. The van der Waals surface area contributed by atoms with Crippen molar-refractivity contribution in [2.24, 2.45) is 5.92 Å². The third kappa shape index (κ3) is 4.07. The topological polar surface area (TPSA) is 29.5 Å². The standard InChI is InChI=1S/C10H20O2/c1-8(12-2)3-6-10(11)7-9-4-5-9/h8-11H,3-7H2,1-2H3. The van der Waals surface area contributed by atoms with Crippen LogP contribution in [0.25, 0.3) is 0 Å². The zero-order valence-corrected chi connectivity index (χ0v) is 8.12. The number of rotatable bonds is 6. The van der Waals surface area contributed by atoms with Gasteiger partial charge in [-0.1, -0.05) is 12.8 Å². The molecule has 0 aromatic heterocycles. The van der Waals surface area contributed by atoms with Gasteiger partial charge in [0.25, 0.3) is 0 Å². The van der Waals surface area contributed by atoms with Crippen molar-refractivity contribution >= 4 is 0 Å². The van der Waals surface area contributed by atoms with Crippen LogP contribution in [0.4, 0.5) is 0 Å². The Balaban J connectivity index is 1.96. The Morgan fingerprint density at radius 1 is 1.42 bits per heavy atom. The average Bonchev–Trinajstić information content (AvgIpc) is 2.84. The fraction of sp³-hybridized carbons (Fsp3) is 1.00. The quantitative estimate of drug-likeness (QED) is 0.663. The number of aliphatic hydroxyl groups is 1. The van der Waals surface area contributed by atoms with Crippen LogP contribution in [-0.2, 0) is 4.74 Å². The molecular formula is C10H20O2. The molecule has 2 heteroatoms. The molecule has 2 atom stereocenters. The highest BCUT2D eigenvalue weighted by atomic mass is 16.5. The minimum Gasteiger partial charge on any atom is -0.393 e. The summed E-state index contributed by atoms with van der Waals surface area (Å²) in [5, 5.41) is 9.55. The van der Waals surface area contributed by atoms with Crippen molar-refractivity contribution in [1.29, 1.82) is 0 Å². The van der Waals surface area contributed by atoms with E-state index in [0.717, 1.165) is 25.2 Å². The predicted molar refractivity (Wildman–Crippen MR) is 49.1 cm³/mol. The van der Waals surface area contributed by atoms with Gasteiger partial charge in [-0.2, -0.15) is 0 Å². The Morgan fingerprint density at radius 3 is 2.58 bits per heavy atom. The maximum Gasteiger partial charge on any atom is 0.0544 e. The first-order valence-electron chi connectivity index (χ1n) is 4.93. The lowest BCUT2D eigenvalue weighted by Gasteiger charge is -2.13. The molecular weight excluding hydrogens is 152 g/mol. The Bertz CT molecular complexity index is 121. The van der Waals surface area contributed by atoms with Gasteiger partial charge in [-0.15, -0.1) is 0 Å². The number of hydrogen-bond acceptors (Lipinski definition) is 2. The van der Waals surface area contributed by atoms with Crippen LogP contribution < -0.4 is 0 Å². The van der Waals surface area contributed by atoms with Gasteiger partial charge >= 0.3 is 0 Å². The molecule has 0 aromatic carbocycles. The molecule has 0 saturated heterocycles. The molecule has 0 heterocycles. The fourth-order valence-electron chi connectivity index (χ4n) is 1.40. The van der Waals surface area contributed by atoms with Gasteiger partial charge < -0.3 is 9.84 Å². The van der Waals surface area contributed by atoms with Crippen molar-refractivity contribution in [2.45, 2.75) is 51.2 Å². The summed E-state index contributed by atoms with van der Waals surface area (Å²) in [5.74, 6) is 0.831. The van der Waals surface area contributed by atoms with E-state index in [1.54, 1.807) is 7.11 Å². The molecule has 1 saturated carbocycles. The van der Waals surface area contributed by atoms with Crippen molar-refractivity contribution in [3.63, 3.8) is 0 Å². The van der Waals surface area contributed by atoms with Crippen LogP contribution in [0.3, 0.4) is 0 Å². The molecule has 2 nitrogen and oxygen atoms in total. The second-order valence-corrected chi connectivity index (χ2v) is 3.96. The third-order valence-electron chi connectivity index (χ3n) is 2.61. The van der Waals surface area contributed by atoms with E-state index in [9.17, 15) is 5.11 Å². The number of hydrogen-bond donors (Lipinski definition) is 1. The van der Waals surface area contributed by atoms with E-state index < -0.39 is 0 Å². The van der Waals surface area contributed by atoms with Crippen LogP contribution in [-0.4, -0.2) is 24.4 Å². The zero-order valence-electron chi connectivity index (χ0n) is 8.12. The summed E-state index contributed by atoms with van der Waals surface area (Å²) in [4.78, 5) is 0. The Hall–Kier alpha value is -0.0800. The van der Waals surface area contributed by atoms with Crippen molar-refractivity contribution in [2.75, 3.05) is 7.11 Å². The molecule has 72 valence electrons. The number of aliphatic hydroxyl groups excluding tert-OH is 1. The lowest BCUT2D eigenvalue weighted by atomic mass is 10.1. The van der Waals surface area contributed by atoms with Crippen molar-refractivity contribution in [1.82, 2.24) is 0 Å². The molecule has 1 N–H and O–H groups in total. The van der Waals surface area contributed by atoms with Crippen LogP contribution >= 0.6 is 0 Å². The summed E-state index contributed by atoms with van der Waals surface area (Å²) in [6, 6.07) is 0. The molecule has 1 aliphatic rings. The van der Waals surface area contributed by atoms with Crippen molar-refractivity contribution in [3.8, 4) is 0 Å². The van der Waals surface area contributed by atoms with Crippen LogP contribution in [0.5, 0.6) is 0 Å². The van der Waals surface area contributed by atoms with E-state index in [1.807, 2.05) is 6.92 Å². The van der Waals surface area contributed by atoms with Crippen molar-refractivity contribution < 1.29 is 9.84 Å². The third-order valence-corrected chi connectivity index (χ3v) is 2.61. The highest BCUT2D eigenvalue weighted by Gasteiger charge is 2.24. The normalized spacial score (nSPS) is 22.2. The summed E-state index contributed by atoms with van der Waals surface area (Å²) in [5.41, 5.74) is 0. The molecule has 0 amide bonds. The molecule has 12 heavy (non-hydrogen) atoms. The average molecular weight is 172 g/mol. The maximum absolute atomic E-state index is 9.55. The monoisotopic (exact) mass is 172 g/mol. The Morgan fingerprint density at radius 2 is 2.08 bits per heavy atom. The van der Waals surface area contributed by atoms with E-state index in [4.69, 9.17) is 4.74 Å². The summed E-state index contributed by atoms with van der Waals surface area (Å²) in [7, 11) is 1.72. The molecule has 0 aromatic rings. The van der Waals surface area contributed by atoms with Gasteiger partial charge in [0.05, 0.1) is 12.2 Å². The first-order chi connectivity index (χ1) is 5.72. The van der Waals surface area contributed by atoms with Gasteiger partial charge in [0, 0.05) is 7.11 Å². The highest BCUT2D eigenvalue weighted by molar-refractivity contribution is 4.76. The van der Waals surface area contributed by atoms with Crippen LogP contribution in [0, 0.1) is 5.92 Å². The maximum atomic E-state index is 9.55. The SMILES string of the molecule is COC(C)CCC(O)CC1CC1. The lowest BCUT2D eigenvalue weighted by Crippen LogP contribution is -2.12. The van der Waals surface area contributed by atoms with Gasteiger partial charge in [0.2, 0.25) is 0 Å². The summed E-state index contributed by atoms with van der Waals surface area (Å²) in [6.45, 7) is 2.05. The first kappa shape index (κ1) is 10.0. The highest BCUT2D eigenvalue weighted by Crippen LogP contribution is 2.34. The number of ether oxygens (including phenoxy) is 1. The van der Waals surface area contributed by atoms with E-state index in [0.29, 0.717) is 6.10 Å². The first-order valence-corrected chi connectivity index (χ1v) is 4.93. The van der Waals surface area contributed by atoms with E-state index in [2.05, 4.69) is 0 Å². The lowest BCUT2D eigenvalue weighted by molar-refractivity contribution is 0.0807. The number of methoxy groups -OCH3 is 1. The summed E-state index contributed by atoms with van der Waals surface area (Å²) < 4.78 is 5.11. The second-order valence-electron chi connectivity index (χ2n) is 3.96. The van der Waals surface area contributed by atoms with Gasteiger partial charge in [-0.05, 0) is 32.1 Å². The largest absolute Gasteiger partial charge is 0.393 e. The van der Waals surface area contributed by atoms with Gasteiger partial charge in [-0.3, -0.25) is 0 Å². The van der Waals surface area contributed by atoms with Crippen LogP contribution in [0.1, 0.15) is 39.0 Å². The fourth-order valence-corrected chi connectivity index (χ4v) is 1.40. The van der Waals surface area contributed by atoms with Crippen molar-refractivity contribution in [3.05, 3.63) is 0 Å². The molecule has 0 spiro atoms. The van der Waals surface area contributed by atoms with E-state index in [1.165, 1.54) is 12.8 Å². The molecule has 0 radical (unpaired) electrons.